The second kappa shape index (κ2) is 3.99. The third-order valence-electron chi connectivity index (χ3n) is 3.02. The lowest BCUT2D eigenvalue weighted by atomic mass is 9.80. The zero-order valence-corrected chi connectivity index (χ0v) is 9.57. The van der Waals surface area contributed by atoms with Crippen LogP contribution in [-0.4, -0.2) is 10.5 Å². The van der Waals surface area contributed by atoms with Crippen LogP contribution in [0.2, 0.25) is 0 Å². The van der Waals surface area contributed by atoms with Gasteiger partial charge in [0, 0.05) is 23.0 Å². The summed E-state index contributed by atoms with van der Waals surface area (Å²) in [6, 6.07) is 0. The van der Waals surface area contributed by atoms with Crippen molar-refractivity contribution >= 4 is 11.3 Å². The zero-order valence-electron chi connectivity index (χ0n) is 8.75. The lowest BCUT2D eigenvalue weighted by Gasteiger charge is -2.32. The summed E-state index contributed by atoms with van der Waals surface area (Å²) in [7, 11) is 0. The molecule has 1 aromatic heterocycles. The molecule has 1 aromatic rings. The molecule has 2 nitrogen and oxygen atoms in total. The molecule has 0 saturated heterocycles. The van der Waals surface area contributed by atoms with E-state index in [1.54, 1.807) is 11.3 Å². The molecule has 0 aliphatic heterocycles. The Balaban J connectivity index is 2.01. The van der Waals surface area contributed by atoms with Crippen molar-refractivity contribution < 1.29 is 0 Å². The monoisotopic (exact) mass is 210 g/mol. The van der Waals surface area contributed by atoms with E-state index in [1.165, 1.54) is 37.1 Å². The van der Waals surface area contributed by atoms with E-state index in [4.69, 9.17) is 5.73 Å². The number of nitrogens with two attached hydrogens (primary N) is 1. The van der Waals surface area contributed by atoms with Gasteiger partial charge in [-0.3, -0.25) is 0 Å². The molecule has 1 saturated carbocycles. The van der Waals surface area contributed by atoms with Gasteiger partial charge in [-0.05, 0) is 19.8 Å². The molecule has 1 heterocycles. The van der Waals surface area contributed by atoms with Crippen molar-refractivity contribution in [3.63, 3.8) is 0 Å². The van der Waals surface area contributed by atoms with Gasteiger partial charge in [-0.15, -0.1) is 11.3 Å². The van der Waals surface area contributed by atoms with Crippen molar-refractivity contribution in [2.24, 2.45) is 5.73 Å². The van der Waals surface area contributed by atoms with Gasteiger partial charge in [0.05, 0.1) is 5.01 Å². The minimum Gasteiger partial charge on any atom is -0.325 e. The molecule has 0 unspecified atom stereocenters. The van der Waals surface area contributed by atoms with Crippen LogP contribution in [0.3, 0.4) is 0 Å². The van der Waals surface area contributed by atoms with Crippen molar-refractivity contribution in [2.45, 2.75) is 51.0 Å². The second-order valence-electron chi connectivity index (χ2n) is 4.48. The van der Waals surface area contributed by atoms with Gasteiger partial charge in [-0.2, -0.15) is 0 Å². The quantitative estimate of drug-likeness (QED) is 0.815. The van der Waals surface area contributed by atoms with Gasteiger partial charge < -0.3 is 5.73 Å². The summed E-state index contributed by atoms with van der Waals surface area (Å²) in [5.74, 6) is 0. The first-order valence-electron chi connectivity index (χ1n) is 5.38. The lowest BCUT2D eigenvalue weighted by Crippen LogP contribution is -2.43. The Labute approximate surface area is 89.5 Å². The van der Waals surface area contributed by atoms with E-state index in [0.717, 1.165) is 12.1 Å². The maximum absolute atomic E-state index is 6.37. The standard InChI is InChI=1S/C11H18N2S/c1-9-8-14-10(13-9)7-11(12)5-3-2-4-6-11/h8H,2-7,12H2,1H3. The molecule has 2 N–H and O–H groups in total. The van der Waals surface area contributed by atoms with Crippen molar-refractivity contribution in [1.29, 1.82) is 0 Å². The molecule has 14 heavy (non-hydrogen) atoms. The lowest BCUT2D eigenvalue weighted by molar-refractivity contribution is 0.294. The van der Waals surface area contributed by atoms with E-state index < -0.39 is 0 Å². The second-order valence-corrected chi connectivity index (χ2v) is 5.43. The molecule has 1 aliphatic rings. The summed E-state index contributed by atoms with van der Waals surface area (Å²) in [4.78, 5) is 4.49. The predicted octanol–water partition coefficient (Wildman–Crippen LogP) is 2.66. The molecule has 0 bridgehead atoms. The summed E-state index contributed by atoms with van der Waals surface area (Å²) in [5.41, 5.74) is 7.54. The van der Waals surface area contributed by atoms with Crippen LogP contribution < -0.4 is 5.73 Å². The molecule has 0 spiro atoms. The third kappa shape index (κ3) is 2.34. The zero-order chi connectivity index (χ0) is 10.0. The molecular formula is C11H18N2S. The number of thiazole rings is 1. The Morgan fingerprint density at radius 2 is 2.14 bits per heavy atom. The van der Waals surface area contributed by atoms with E-state index in [1.807, 2.05) is 6.92 Å². The molecule has 0 atom stereocenters. The number of hydrogen-bond acceptors (Lipinski definition) is 3. The van der Waals surface area contributed by atoms with Crippen molar-refractivity contribution in [2.75, 3.05) is 0 Å². The van der Waals surface area contributed by atoms with Gasteiger partial charge in [0.25, 0.3) is 0 Å². The number of aryl methyl sites for hydroxylation is 1. The van der Waals surface area contributed by atoms with Crippen LogP contribution in [0, 0.1) is 6.92 Å². The fourth-order valence-electron chi connectivity index (χ4n) is 2.22. The normalized spacial score (nSPS) is 21.0. The topological polar surface area (TPSA) is 38.9 Å². The molecule has 78 valence electrons. The highest BCUT2D eigenvalue weighted by atomic mass is 32.1. The average molecular weight is 210 g/mol. The number of nitrogens with zero attached hydrogens (tertiary/aromatic N) is 1. The van der Waals surface area contributed by atoms with Gasteiger partial charge in [0.15, 0.2) is 0 Å². The fourth-order valence-corrected chi connectivity index (χ4v) is 3.14. The van der Waals surface area contributed by atoms with Crippen molar-refractivity contribution in [3.8, 4) is 0 Å². The van der Waals surface area contributed by atoms with Crippen LogP contribution in [-0.2, 0) is 6.42 Å². The Morgan fingerprint density at radius 1 is 1.43 bits per heavy atom. The van der Waals surface area contributed by atoms with Crippen molar-refractivity contribution in [1.82, 2.24) is 4.98 Å². The summed E-state index contributed by atoms with van der Waals surface area (Å²) < 4.78 is 0. The largest absolute Gasteiger partial charge is 0.325 e. The van der Waals surface area contributed by atoms with Crippen LogP contribution in [0.5, 0.6) is 0 Å². The van der Waals surface area contributed by atoms with E-state index in [9.17, 15) is 0 Å². The van der Waals surface area contributed by atoms with E-state index >= 15 is 0 Å². The Bertz CT molecular complexity index is 300. The van der Waals surface area contributed by atoms with Crippen LogP contribution in [0.4, 0.5) is 0 Å². The maximum Gasteiger partial charge on any atom is 0.0946 e. The molecule has 0 amide bonds. The van der Waals surface area contributed by atoms with Crippen LogP contribution in [0.15, 0.2) is 5.38 Å². The highest BCUT2D eigenvalue weighted by Crippen LogP contribution is 2.29. The Kier molecular flexibility index (Phi) is 2.88. The summed E-state index contributed by atoms with van der Waals surface area (Å²) >= 11 is 1.75. The number of rotatable bonds is 2. The van der Waals surface area contributed by atoms with Gasteiger partial charge in [0.2, 0.25) is 0 Å². The van der Waals surface area contributed by atoms with E-state index in [0.29, 0.717) is 0 Å². The van der Waals surface area contributed by atoms with Crippen LogP contribution in [0.25, 0.3) is 0 Å². The van der Waals surface area contributed by atoms with Gasteiger partial charge in [0.1, 0.15) is 0 Å². The molecule has 2 rings (SSSR count). The Hall–Kier alpha value is -0.410. The molecule has 1 fully saturated rings. The summed E-state index contributed by atoms with van der Waals surface area (Å²) in [5, 5.41) is 3.33. The smallest absolute Gasteiger partial charge is 0.0946 e. The summed E-state index contributed by atoms with van der Waals surface area (Å²) in [6.07, 6.45) is 7.26. The minimum absolute atomic E-state index is 0.0442. The Morgan fingerprint density at radius 3 is 2.71 bits per heavy atom. The third-order valence-corrected chi connectivity index (χ3v) is 3.99. The number of hydrogen-bond donors (Lipinski definition) is 1. The highest BCUT2D eigenvalue weighted by molar-refractivity contribution is 7.09. The predicted molar refractivity (Wildman–Crippen MR) is 60.6 cm³/mol. The van der Waals surface area contributed by atoms with E-state index in [-0.39, 0.29) is 5.54 Å². The molecule has 0 radical (unpaired) electrons. The molecular weight excluding hydrogens is 192 g/mol. The van der Waals surface area contributed by atoms with Gasteiger partial charge in [-0.1, -0.05) is 19.3 Å². The minimum atomic E-state index is 0.0442. The van der Waals surface area contributed by atoms with E-state index in [2.05, 4.69) is 10.4 Å². The van der Waals surface area contributed by atoms with Gasteiger partial charge >= 0.3 is 0 Å². The molecule has 0 aromatic carbocycles. The van der Waals surface area contributed by atoms with Crippen LogP contribution >= 0.6 is 11.3 Å². The first-order valence-corrected chi connectivity index (χ1v) is 6.26. The first kappa shape index (κ1) is 10.1. The van der Waals surface area contributed by atoms with Crippen LogP contribution in [0.1, 0.15) is 42.8 Å². The average Bonchev–Trinajstić information content (AvgIpc) is 2.51. The summed E-state index contributed by atoms with van der Waals surface area (Å²) in [6.45, 7) is 2.05. The molecule has 1 aliphatic carbocycles. The first-order chi connectivity index (χ1) is 6.68. The highest BCUT2D eigenvalue weighted by Gasteiger charge is 2.28. The SMILES string of the molecule is Cc1csc(CC2(N)CCCCC2)n1. The van der Waals surface area contributed by atoms with Crippen molar-refractivity contribution in [3.05, 3.63) is 16.1 Å². The number of aromatic nitrogens is 1. The molecule has 3 heteroatoms. The maximum atomic E-state index is 6.37. The fraction of sp³-hybridized carbons (Fsp3) is 0.727. The van der Waals surface area contributed by atoms with Gasteiger partial charge in [-0.25, -0.2) is 4.98 Å².